The van der Waals surface area contributed by atoms with Crippen LogP contribution in [0, 0.1) is 0 Å². The van der Waals surface area contributed by atoms with Crippen LogP contribution in [0.5, 0.6) is 0 Å². The zero-order chi connectivity index (χ0) is 17.4. The predicted octanol–water partition coefficient (Wildman–Crippen LogP) is 4.04. The Hall–Kier alpha value is -2.27. The van der Waals surface area contributed by atoms with E-state index < -0.39 is 0 Å². The molecule has 2 atom stereocenters. The van der Waals surface area contributed by atoms with Gasteiger partial charge in [0.15, 0.2) is 0 Å². The molecule has 6 heteroatoms. The Labute approximate surface area is 152 Å². The Morgan fingerprint density at radius 3 is 3.04 bits per heavy atom. The van der Waals surface area contributed by atoms with E-state index in [1.807, 2.05) is 29.3 Å². The molecular weight excluding hydrogens is 336 g/mol. The second-order valence-electron chi connectivity index (χ2n) is 6.72. The fourth-order valence-corrected chi connectivity index (χ4v) is 3.89. The van der Waals surface area contributed by atoms with E-state index in [0.717, 1.165) is 29.3 Å². The van der Waals surface area contributed by atoms with Crippen LogP contribution in [0.25, 0.3) is 5.57 Å². The molecule has 3 heterocycles. The number of imidazole rings is 1. The van der Waals surface area contributed by atoms with E-state index in [-0.39, 0.29) is 12.1 Å². The number of benzene rings is 1. The van der Waals surface area contributed by atoms with Gasteiger partial charge in [-0.2, -0.15) is 0 Å². The summed E-state index contributed by atoms with van der Waals surface area (Å²) in [4.78, 5) is 18.9. The molecule has 5 nitrogen and oxygen atoms in total. The number of halogens is 1. The van der Waals surface area contributed by atoms with Crippen molar-refractivity contribution in [2.45, 2.75) is 31.8 Å². The smallest absolute Gasteiger partial charge is 0.318 e. The molecule has 0 saturated carbocycles. The second-order valence-corrected chi connectivity index (χ2v) is 7.15. The fraction of sp³-hybridized carbons (Fsp3) is 0.368. The molecule has 0 spiro atoms. The Morgan fingerprint density at radius 1 is 1.40 bits per heavy atom. The molecule has 0 radical (unpaired) electrons. The Bertz CT molecular complexity index is 828. The molecule has 2 unspecified atom stereocenters. The van der Waals surface area contributed by atoms with Gasteiger partial charge in [-0.3, -0.25) is 0 Å². The molecule has 1 aromatic carbocycles. The second kappa shape index (κ2) is 6.56. The standard InChI is InChI=1S/C19H21ClN4O/c1-13-11-17(18-21-7-10-24(13)18)22-19(25)23-8-5-14(6-9-23)15-3-2-4-16(20)12-15/h2-5,7,10,12-13,17H,6,8-9,11H2,1H3,(H,22,25). The highest BCUT2D eigenvalue weighted by Gasteiger charge is 2.31. The molecule has 2 amide bonds. The summed E-state index contributed by atoms with van der Waals surface area (Å²) < 4.78 is 2.14. The lowest BCUT2D eigenvalue weighted by Crippen LogP contribution is -2.43. The summed E-state index contributed by atoms with van der Waals surface area (Å²) in [6.07, 6.45) is 7.63. The number of nitrogens with one attached hydrogen (secondary N) is 1. The largest absolute Gasteiger partial charge is 0.330 e. The summed E-state index contributed by atoms with van der Waals surface area (Å²) in [7, 11) is 0. The van der Waals surface area contributed by atoms with Crippen molar-refractivity contribution in [3.8, 4) is 0 Å². The van der Waals surface area contributed by atoms with Crippen molar-refractivity contribution in [1.82, 2.24) is 19.8 Å². The van der Waals surface area contributed by atoms with Crippen LogP contribution in [0.1, 0.15) is 43.2 Å². The van der Waals surface area contributed by atoms with Gasteiger partial charge in [0.2, 0.25) is 0 Å². The molecular formula is C19H21ClN4O. The third kappa shape index (κ3) is 3.16. The number of carbonyl (C=O) groups excluding carboxylic acids is 1. The molecule has 2 aromatic rings. The molecule has 2 aliphatic rings. The Morgan fingerprint density at radius 2 is 2.28 bits per heavy atom. The maximum absolute atomic E-state index is 12.6. The summed E-state index contributed by atoms with van der Waals surface area (Å²) in [5.74, 6) is 0.952. The van der Waals surface area contributed by atoms with E-state index in [9.17, 15) is 4.79 Å². The van der Waals surface area contributed by atoms with Gasteiger partial charge >= 0.3 is 6.03 Å². The number of hydrogen-bond acceptors (Lipinski definition) is 2. The van der Waals surface area contributed by atoms with Gasteiger partial charge in [-0.05, 0) is 43.0 Å². The minimum Gasteiger partial charge on any atom is -0.330 e. The topological polar surface area (TPSA) is 50.2 Å². The lowest BCUT2D eigenvalue weighted by atomic mass is 10.00. The summed E-state index contributed by atoms with van der Waals surface area (Å²) >= 11 is 6.07. The molecule has 0 aliphatic carbocycles. The van der Waals surface area contributed by atoms with Gasteiger partial charge in [-0.25, -0.2) is 9.78 Å². The zero-order valence-corrected chi connectivity index (χ0v) is 14.9. The van der Waals surface area contributed by atoms with E-state index in [4.69, 9.17) is 11.6 Å². The van der Waals surface area contributed by atoms with Crippen LogP contribution in [0.4, 0.5) is 4.79 Å². The van der Waals surface area contributed by atoms with Gasteiger partial charge in [0.25, 0.3) is 0 Å². The summed E-state index contributed by atoms with van der Waals surface area (Å²) in [5.41, 5.74) is 2.38. The van der Waals surface area contributed by atoms with Crippen molar-refractivity contribution in [2.75, 3.05) is 13.1 Å². The first-order chi connectivity index (χ1) is 12.1. The molecule has 0 fully saturated rings. The lowest BCUT2D eigenvalue weighted by Gasteiger charge is -2.28. The fourth-order valence-electron chi connectivity index (χ4n) is 3.70. The first-order valence-electron chi connectivity index (χ1n) is 8.65. The highest BCUT2D eigenvalue weighted by molar-refractivity contribution is 6.30. The van der Waals surface area contributed by atoms with Gasteiger partial charge in [0, 0.05) is 36.5 Å². The van der Waals surface area contributed by atoms with Crippen molar-refractivity contribution in [3.05, 3.63) is 59.1 Å². The number of amides is 2. The van der Waals surface area contributed by atoms with Crippen LogP contribution >= 0.6 is 11.6 Å². The number of nitrogens with zero attached hydrogens (tertiary/aromatic N) is 3. The third-order valence-corrected chi connectivity index (χ3v) is 5.29. The molecule has 25 heavy (non-hydrogen) atoms. The third-order valence-electron chi connectivity index (χ3n) is 5.05. The van der Waals surface area contributed by atoms with Gasteiger partial charge < -0.3 is 14.8 Å². The van der Waals surface area contributed by atoms with E-state index in [1.165, 1.54) is 5.57 Å². The van der Waals surface area contributed by atoms with Gasteiger partial charge in [0.1, 0.15) is 5.82 Å². The molecule has 1 N–H and O–H groups in total. The quantitative estimate of drug-likeness (QED) is 0.882. The summed E-state index contributed by atoms with van der Waals surface area (Å²) in [6, 6.07) is 8.22. The normalized spacial score (nSPS) is 22.5. The first-order valence-corrected chi connectivity index (χ1v) is 9.03. The number of hydrogen-bond donors (Lipinski definition) is 1. The SMILES string of the molecule is CC1CC(NC(=O)N2CC=C(c3cccc(Cl)c3)CC2)c2nccn21. The number of fused-ring (bicyclic) bond motifs is 1. The van der Waals surface area contributed by atoms with Crippen LogP contribution in [-0.4, -0.2) is 33.6 Å². The molecule has 0 saturated heterocycles. The number of aromatic nitrogens is 2. The monoisotopic (exact) mass is 356 g/mol. The number of carbonyl (C=O) groups is 1. The maximum atomic E-state index is 12.6. The van der Waals surface area contributed by atoms with Crippen molar-refractivity contribution in [2.24, 2.45) is 0 Å². The van der Waals surface area contributed by atoms with E-state index >= 15 is 0 Å². The van der Waals surface area contributed by atoms with Crippen LogP contribution in [0.3, 0.4) is 0 Å². The van der Waals surface area contributed by atoms with E-state index in [0.29, 0.717) is 19.1 Å². The first kappa shape index (κ1) is 16.2. The maximum Gasteiger partial charge on any atom is 0.318 e. The lowest BCUT2D eigenvalue weighted by molar-refractivity contribution is 0.198. The zero-order valence-electron chi connectivity index (χ0n) is 14.2. The van der Waals surface area contributed by atoms with Crippen molar-refractivity contribution < 1.29 is 4.79 Å². The molecule has 2 aliphatic heterocycles. The molecule has 4 rings (SSSR count). The average molecular weight is 357 g/mol. The van der Waals surface area contributed by atoms with E-state index in [2.05, 4.69) is 33.9 Å². The Kier molecular flexibility index (Phi) is 4.25. The van der Waals surface area contributed by atoms with E-state index in [1.54, 1.807) is 6.20 Å². The molecule has 0 bridgehead atoms. The number of rotatable bonds is 2. The summed E-state index contributed by atoms with van der Waals surface area (Å²) in [6.45, 7) is 3.48. The number of urea groups is 1. The molecule has 130 valence electrons. The predicted molar refractivity (Wildman–Crippen MR) is 98.4 cm³/mol. The van der Waals surface area contributed by atoms with Gasteiger partial charge in [-0.1, -0.05) is 29.8 Å². The summed E-state index contributed by atoms with van der Waals surface area (Å²) in [5, 5.41) is 3.88. The van der Waals surface area contributed by atoms with Gasteiger partial charge in [-0.15, -0.1) is 0 Å². The van der Waals surface area contributed by atoms with Crippen LogP contribution in [-0.2, 0) is 0 Å². The van der Waals surface area contributed by atoms with Crippen molar-refractivity contribution >= 4 is 23.2 Å². The van der Waals surface area contributed by atoms with Crippen LogP contribution in [0.15, 0.2) is 42.7 Å². The minimum absolute atomic E-state index is 0.00388. The van der Waals surface area contributed by atoms with Crippen molar-refractivity contribution in [1.29, 1.82) is 0 Å². The van der Waals surface area contributed by atoms with Crippen LogP contribution < -0.4 is 5.32 Å². The minimum atomic E-state index is -0.0185. The molecule has 1 aromatic heterocycles. The van der Waals surface area contributed by atoms with Gasteiger partial charge in [0.05, 0.1) is 6.04 Å². The highest BCUT2D eigenvalue weighted by atomic mass is 35.5. The Balaban J connectivity index is 1.40. The highest BCUT2D eigenvalue weighted by Crippen LogP contribution is 2.33. The average Bonchev–Trinajstić information content (AvgIpc) is 3.20. The van der Waals surface area contributed by atoms with Crippen LogP contribution in [0.2, 0.25) is 5.02 Å². The van der Waals surface area contributed by atoms with Crippen molar-refractivity contribution in [3.63, 3.8) is 0 Å².